The largest absolute Gasteiger partial charge is 0.463 e. The van der Waals surface area contributed by atoms with E-state index in [-0.39, 0.29) is 12.6 Å². The van der Waals surface area contributed by atoms with Crippen LogP contribution in [0, 0.1) is 5.92 Å². The summed E-state index contributed by atoms with van der Waals surface area (Å²) in [5.41, 5.74) is 0.357. The second-order valence-electron chi connectivity index (χ2n) is 7.81. The Morgan fingerprint density at radius 2 is 1.79 bits per heavy atom. The predicted octanol–water partition coefficient (Wildman–Crippen LogP) is 4.85. The number of para-hydroxylation sites is 1. The minimum atomic E-state index is -1.55. The van der Waals surface area contributed by atoms with Gasteiger partial charge in [-0.05, 0) is 31.4 Å². The number of esters is 2. The second kappa shape index (κ2) is 10.5. The van der Waals surface area contributed by atoms with Gasteiger partial charge < -0.3 is 18.9 Å². The van der Waals surface area contributed by atoms with Gasteiger partial charge in [-0.1, -0.05) is 51.7 Å². The molecule has 156 valence electrons. The molecule has 6 heteroatoms. The molecule has 1 aliphatic heterocycles. The van der Waals surface area contributed by atoms with E-state index in [1.165, 1.54) is 19.8 Å². The van der Waals surface area contributed by atoms with Crippen LogP contribution in [0.1, 0.15) is 76.6 Å². The third-order valence-electron chi connectivity index (χ3n) is 4.49. The maximum atomic E-state index is 12.1. The number of unbranched alkanes of at least 4 members (excludes halogenated alkanes) is 3. The first-order chi connectivity index (χ1) is 13.3. The molecular weight excluding hydrogens is 360 g/mol. The van der Waals surface area contributed by atoms with E-state index in [4.69, 9.17) is 18.9 Å². The normalized spacial score (nSPS) is 19.5. The molecule has 0 bridgehead atoms. The van der Waals surface area contributed by atoms with Gasteiger partial charge in [0.2, 0.25) is 0 Å². The van der Waals surface area contributed by atoms with Crippen molar-refractivity contribution in [3.05, 3.63) is 29.8 Å². The van der Waals surface area contributed by atoms with Crippen LogP contribution in [0.4, 0.5) is 0 Å². The van der Waals surface area contributed by atoms with E-state index in [9.17, 15) is 9.59 Å². The fraction of sp³-hybridized carbons (Fsp3) is 0.636. The van der Waals surface area contributed by atoms with Gasteiger partial charge in [0.05, 0.1) is 6.10 Å². The number of fused-ring (bicyclic) bond motifs is 1. The standard InChI is InChI=1S/C22H32O6/c1-16(2)11-7-5-6-8-14-20(23)25-15-17(3)26-22(4)27-19-13-10-9-12-18(19)21(24)28-22/h9-10,12-13,16-17H,5-8,11,14-15H2,1-4H3. The average Bonchev–Trinajstić information content (AvgIpc) is 2.62. The van der Waals surface area contributed by atoms with Crippen molar-refractivity contribution in [1.82, 2.24) is 0 Å². The zero-order valence-corrected chi connectivity index (χ0v) is 17.4. The van der Waals surface area contributed by atoms with Crippen LogP contribution < -0.4 is 4.74 Å². The molecule has 0 radical (unpaired) electrons. The van der Waals surface area contributed by atoms with Gasteiger partial charge in [0.15, 0.2) is 0 Å². The van der Waals surface area contributed by atoms with Crippen LogP contribution in [-0.4, -0.2) is 30.6 Å². The smallest absolute Gasteiger partial charge is 0.371 e. The summed E-state index contributed by atoms with van der Waals surface area (Å²) in [5, 5.41) is 0. The maximum absolute atomic E-state index is 12.1. The molecule has 1 aromatic rings. The first-order valence-corrected chi connectivity index (χ1v) is 10.1. The number of ether oxygens (including phenoxy) is 4. The Morgan fingerprint density at radius 1 is 1.07 bits per heavy atom. The van der Waals surface area contributed by atoms with Crippen molar-refractivity contribution in [2.24, 2.45) is 5.92 Å². The van der Waals surface area contributed by atoms with E-state index in [1.54, 1.807) is 31.2 Å². The maximum Gasteiger partial charge on any atom is 0.371 e. The molecule has 2 unspecified atom stereocenters. The number of carbonyl (C=O) groups is 2. The van der Waals surface area contributed by atoms with Crippen molar-refractivity contribution in [3.63, 3.8) is 0 Å². The summed E-state index contributed by atoms with van der Waals surface area (Å²) in [7, 11) is 0. The molecule has 1 aromatic carbocycles. The Labute approximate surface area is 167 Å². The summed E-state index contributed by atoms with van der Waals surface area (Å²) in [6.07, 6.45) is 5.37. The van der Waals surface area contributed by atoms with Crippen LogP contribution in [0.2, 0.25) is 0 Å². The van der Waals surface area contributed by atoms with Crippen LogP contribution in [0.25, 0.3) is 0 Å². The van der Waals surface area contributed by atoms with Gasteiger partial charge in [0, 0.05) is 13.3 Å². The highest BCUT2D eigenvalue weighted by atomic mass is 16.9. The second-order valence-corrected chi connectivity index (χ2v) is 7.81. The highest BCUT2D eigenvalue weighted by Gasteiger charge is 2.40. The van der Waals surface area contributed by atoms with Crippen LogP contribution in [0.15, 0.2) is 24.3 Å². The summed E-state index contributed by atoms with van der Waals surface area (Å²) >= 11 is 0. The number of hydrogen-bond acceptors (Lipinski definition) is 6. The molecule has 0 spiro atoms. The molecule has 0 aliphatic carbocycles. The molecule has 0 amide bonds. The van der Waals surface area contributed by atoms with Gasteiger partial charge in [-0.25, -0.2) is 4.79 Å². The van der Waals surface area contributed by atoms with Gasteiger partial charge in [0.25, 0.3) is 0 Å². The summed E-state index contributed by atoms with van der Waals surface area (Å²) in [6.45, 7) is 7.78. The Kier molecular flexibility index (Phi) is 8.30. The lowest BCUT2D eigenvalue weighted by molar-refractivity contribution is -0.327. The van der Waals surface area contributed by atoms with Gasteiger partial charge in [-0.15, -0.1) is 0 Å². The van der Waals surface area contributed by atoms with E-state index < -0.39 is 18.0 Å². The van der Waals surface area contributed by atoms with Crippen molar-refractivity contribution in [2.45, 2.75) is 78.3 Å². The topological polar surface area (TPSA) is 71.1 Å². The Bertz CT molecular complexity index is 656. The molecule has 0 saturated heterocycles. The van der Waals surface area contributed by atoms with E-state index >= 15 is 0 Å². The molecule has 0 aromatic heterocycles. The molecule has 2 atom stereocenters. The number of benzene rings is 1. The summed E-state index contributed by atoms with van der Waals surface area (Å²) in [5.74, 6) is -1.16. The summed E-state index contributed by atoms with van der Waals surface area (Å²) in [4.78, 5) is 24.0. The zero-order chi connectivity index (χ0) is 20.6. The van der Waals surface area contributed by atoms with E-state index in [1.807, 2.05) is 0 Å². The molecular formula is C22H32O6. The van der Waals surface area contributed by atoms with Crippen molar-refractivity contribution in [3.8, 4) is 5.75 Å². The predicted molar refractivity (Wildman–Crippen MR) is 105 cm³/mol. The van der Waals surface area contributed by atoms with Crippen molar-refractivity contribution >= 4 is 11.9 Å². The third-order valence-corrected chi connectivity index (χ3v) is 4.49. The number of cyclic esters (lactones) is 1. The average molecular weight is 392 g/mol. The lowest BCUT2D eigenvalue weighted by Gasteiger charge is -2.35. The van der Waals surface area contributed by atoms with Crippen molar-refractivity contribution in [2.75, 3.05) is 6.61 Å². The molecule has 0 N–H and O–H groups in total. The lowest BCUT2D eigenvalue weighted by atomic mass is 10.0. The minimum Gasteiger partial charge on any atom is -0.463 e. The van der Waals surface area contributed by atoms with E-state index in [2.05, 4.69) is 13.8 Å². The zero-order valence-electron chi connectivity index (χ0n) is 17.4. The van der Waals surface area contributed by atoms with E-state index in [0.29, 0.717) is 17.7 Å². The fourth-order valence-electron chi connectivity index (χ4n) is 3.07. The van der Waals surface area contributed by atoms with Gasteiger partial charge in [0.1, 0.15) is 17.9 Å². The summed E-state index contributed by atoms with van der Waals surface area (Å²) in [6, 6.07) is 6.82. The number of hydrogen-bond donors (Lipinski definition) is 0. The monoisotopic (exact) mass is 392 g/mol. The lowest BCUT2D eigenvalue weighted by Crippen LogP contribution is -2.47. The number of rotatable bonds is 11. The van der Waals surface area contributed by atoms with Crippen LogP contribution in [0.3, 0.4) is 0 Å². The molecule has 6 nitrogen and oxygen atoms in total. The van der Waals surface area contributed by atoms with Gasteiger partial charge in [-0.2, -0.15) is 0 Å². The number of carbonyl (C=O) groups excluding carboxylic acids is 2. The van der Waals surface area contributed by atoms with Crippen LogP contribution >= 0.6 is 0 Å². The first-order valence-electron chi connectivity index (χ1n) is 10.1. The molecule has 1 aliphatic rings. The third kappa shape index (κ3) is 7.15. The molecule has 2 rings (SSSR count). The van der Waals surface area contributed by atoms with Crippen LogP contribution in [0.5, 0.6) is 5.75 Å². The van der Waals surface area contributed by atoms with Gasteiger partial charge >= 0.3 is 17.9 Å². The Balaban J connectivity index is 1.67. The van der Waals surface area contributed by atoms with Crippen LogP contribution in [-0.2, 0) is 19.0 Å². The van der Waals surface area contributed by atoms with Crippen molar-refractivity contribution in [1.29, 1.82) is 0 Å². The highest BCUT2D eigenvalue weighted by molar-refractivity contribution is 5.93. The van der Waals surface area contributed by atoms with E-state index in [0.717, 1.165) is 25.2 Å². The highest BCUT2D eigenvalue weighted by Crippen LogP contribution is 2.32. The molecule has 1 heterocycles. The SMILES string of the molecule is CC(C)CCCCCCC(=O)OCC(C)OC1(C)OC(=O)c2ccccc2O1. The molecule has 0 saturated carbocycles. The Morgan fingerprint density at radius 3 is 2.54 bits per heavy atom. The Hall–Kier alpha value is -2.08. The quantitative estimate of drug-likeness (QED) is 0.396. The minimum absolute atomic E-state index is 0.0737. The molecule has 28 heavy (non-hydrogen) atoms. The summed E-state index contributed by atoms with van der Waals surface area (Å²) < 4.78 is 21.9. The molecule has 0 fully saturated rings. The fourth-order valence-corrected chi connectivity index (χ4v) is 3.07. The van der Waals surface area contributed by atoms with Crippen molar-refractivity contribution < 1.29 is 28.5 Å². The van der Waals surface area contributed by atoms with Gasteiger partial charge in [-0.3, -0.25) is 4.79 Å². The first kappa shape index (κ1) is 22.2.